The molecular weight excluding hydrogens is 350 g/mol. The second kappa shape index (κ2) is 7.31. The van der Waals surface area contributed by atoms with Crippen LogP contribution < -0.4 is 0 Å². The number of halogens is 2. The van der Waals surface area contributed by atoms with Gasteiger partial charge in [-0.1, -0.05) is 12.1 Å². The summed E-state index contributed by atoms with van der Waals surface area (Å²) in [6.07, 6.45) is 7.51. The number of amides is 1. The number of rotatable bonds is 3. The topological polar surface area (TPSA) is 49.3 Å². The molecule has 1 spiro atoms. The molecule has 5 nitrogen and oxygen atoms in total. The highest BCUT2D eigenvalue weighted by Gasteiger charge is 2.43. The van der Waals surface area contributed by atoms with Crippen LogP contribution in [0.5, 0.6) is 0 Å². The normalized spacial score (nSPS) is 23.1. The Morgan fingerprint density at radius 1 is 1.15 bits per heavy atom. The molecule has 2 saturated heterocycles. The maximum absolute atomic E-state index is 14.0. The molecular formula is C20H22F2N4O. The van der Waals surface area contributed by atoms with E-state index in [2.05, 4.69) is 14.9 Å². The summed E-state index contributed by atoms with van der Waals surface area (Å²) in [5, 5.41) is 0. The van der Waals surface area contributed by atoms with Gasteiger partial charge in [0.05, 0.1) is 6.20 Å². The van der Waals surface area contributed by atoms with E-state index in [4.69, 9.17) is 0 Å². The smallest absolute Gasteiger partial charge is 0.274 e. The van der Waals surface area contributed by atoms with Gasteiger partial charge in [0.2, 0.25) is 0 Å². The third kappa shape index (κ3) is 3.69. The van der Waals surface area contributed by atoms with Crippen LogP contribution in [0.2, 0.25) is 0 Å². The Labute approximate surface area is 157 Å². The van der Waals surface area contributed by atoms with Gasteiger partial charge in [-0.15, -0.1) is 0 Å². The zero-order valence-electron chi connectivity index (χ0n) is 15.1. The molecule has 1 amide bonds. The van der Waals surface area contributed by atoms with Crippen molar-refractivity contribution < 1.29 is 13.6 Å². The quantitative estimate of drug-likeness (QED) is 0.831. The molecule has 0 bridgehead atoms. The van der Waals surface area contributed by atoms with Crippen LogP contribution in [0, 0.1) is 17.0 Å². The number of hydrogen-bond acceptors (Lipinski definition) is 4. The summed E-state index contributed by atoms with van der Waals surface area (Å²) in [4.78, 5) is 24.7. The lowest BCUT2D eigenvalue weighted by Gasteiger charge is -2.40. The van der Waals surface area contributed by atoms with E-state index in [0.717, 1.165) is 38.4 Å². The third-order valence-electron chi connectivity index (χ3n) is 5.67. The van der Waals surface area contributed by atoms with E-state index < -0.39 is 11.6 Å². The van der Waals surface area contributed by atoms with E-state index in [1.54, 1.807) is 18.3 Å². The lowest BCUT2D eigenvalue weighted by molar-refractivity contribution is 0.0668. The van der Waals surface area contributed by atoms with Crippen LogP contribution in [0.25, 0.3) is 0 Å². The first-order valence-electron chi connectivity index (χ1n) is 9.27. The standard InChI is InChI=1S/C20H22F2N4O/c21-16-4-1-3-15(18(16)22)12-25-9-2-5-20(13-25)6-10-26(14-20)19(27)17-11-23-7-8-24-17/h1,3-4,7-8,11H,2,5-6,9-10,12-14H2. The fourth-order valence-electron chi connectivity index (χ4n) is 4.37. The Kier molecular flexibility index (Phi) is 4.86. The number of carbonyl (C=O) groups excluding carboxylic acids is 1. The lowest BCUT2D eigenvalue weighted by atomic mass is 9.79. The summed E-state index contributed by atoms with van der Waals surface area (Å²) >= 11 is 0. The van der Waals surface area contributed by atoms with Gasteiger partial charge in [0.1, 0.15) is 5.69 Å². The van der Waals surface area contributed by atoms with Crippen LogP contribution in [0.1, 0.15) is 35.3 Å². The average Bonchev–Trinajstić information content (AvgIpc) is 3.09. The number of aromatic nitrogens is 2. The highest BCUT2D eigenvalue weighted by atomic mass is 19.2. The molecule has 1 unspecified atom stereocenters. The van der Waals surface area contributed by atoms with Gasteiger partial charge in [0, 0.05) is 49.6 Å². The van der Waals surface area contributed by atoms with Crippen LogP contribution >= 0.6 is 0 Å². The molecule has 1 aromatic carbocycles. The molecule has 2 aromatic rings. The van der Waals surface area contributed by atoms with Crippen LogP contribution in [0.15, 0.2) is 36.8 Å². The van der Waals surface area contributed by atoms with Crippen molar-refractivity contribution >= 4 is 5.91 Å². The van der Waals surface area contributed by atoms with E-state index in [9.17, 15) is 13.6 Å². The van der Waals surface area contributed by atoms with Gasteiger partial charge in [-0.2, -0.15) is 0 Å². The van der Waals surface area contributed by atoms with Crippen LogP contribution in [-0.4, -0.2) is 51.9 Å². The minimum atomic E-state index is -0.805. The van der Waals surface area contributed by atoms with Crippen molar-refractivity contribution in [2.24, 2.45) is 5.41 Å². The number of benzene rings is 1. The van der Waals surface area contributed by atoms with E-state index in [1.807, 2.05) is 4.90 Å². The SMILES string of the molecule is O=C(c1cnccn1)N1CCC2(CCCN(Cc3cccc(F)c3F)C2)C1. The monoisotopic (exact) mass is 372 g/mol. The third-order valence-corrected chi connectivity index (χ3v) is 5.67. The summed E-state index contributed by atoms with van der Waals surface area (Å²) in [7, 11) is 0. The molecule has 1 aromatic heterocycles. The Morgan fingerprint density at radius 2 is 2.04 bits per heavy atom. The van der Waals surface area contributed by atoms with E-state index in [1.165, 1.54) is 12.4 Å². The first-order chi connectivity index (χ1) is 13.1. The van der Waals surface area contributed by atoms with Crippen molar-refractivity contribution in [2.75, 3.05) is 26.2 Å². The number of piperidine rings is 1. The van der Waals surface area contributed by atoms with Crippen molar-refractivity contribution in [3.05, 3.63) is 59.7 Å². The lowest BCUT2D eigenvalue weighted by Crippen LogP contribution is -2.45. The average molecular weight is 372 g/mol. The molecule has 3 heterocycles. The second-order valence-corrected chi connectivity index (χ2v) is 7.59. The second-order valence-electron chi connectivity index (χ2n) is 7.59. The molecule has 4 rings (SSSR count). The fourth-order valence-corrected chi connectivity index (χ4v) is 4.37. The molecule has 0 N–H and O–H groups in total. The van der Waals surface area contributed by atoms with Crippen molar-refractivity contribution in [3.63, 3.8) is 0 Å². The summed E-state index contributed by atoms with van der Waals surface area (Å²) < 4.78 is 27.5. The maximum atomic E-state index is 14.0. The molecule has 2 aliphatic rings. The van der Waals surface area contributed by atoms with Crippen molar-refractivity contribution in [2.45, 2.75) is 25.8 Å². The van der Waals surface area contributed by atoms with E-state index in [0.29, 0.717) is 30.9 Å². The van der Waals surface area contributed by atoms with Gasteiger partial charge in [-0.3, -0.25) is 14.7 Å². The van der Waals surface area contributed by atoms with Crippen LogP contribution in [0.4, 0.5) is 8.78 Å². The minimum Gasteiger partial charge on any atom is -0.337 e. The predicted octanol–water partition coefficient (Wildman–Crippen LogP) is 2.88. The van der Waals surface area contributed by atoms with Crippen molar-refractivity contribution in [3.8, 4) is 0 Å². The number of nitrogens with zero attached hydrogens (tertiary/aromatic N) is 4. The van der Waals surface area contributed by atoms with E-state index >= 15 is 0 Å². The molecule has 1 atom stereocenters. The highest BCUT2D eigenvalue weighted by Crippen LogP contribution is 2.39. The summed E-state index contributed by atoms with van der Waals surface area (Å²) in [5.41, 5.74) is 0.765. The Hall–Kier alpha value is -2.41. The summed E-state index contributed by atoms with van der Waals surface area (Å²) in [6.45, 7) is 3.40. The van der Waals surface area contributed by atoms with Gasteiger partial charge in [-0.25, -0.2) is 13.8 Å². The number of hydrogen-bond donors (Lipinski definition) is 0. The van der Waals surface area contributed by atoms with Gasteiger partial charge >= 0.3 is 0 Å². The zero-order chi connectivity index (χ0) is 18.9. The largest absolute Gasteiger partial charge is 0.337 e. The summed E-state index contributed by atoms with van der Waals surface area (Å²) in [5.74, 6) is -1.66. The molecule has 27 heavy (non-hydrogen) atoms. The molecule has 142 valence electrons. The van der Waals surface area contributed by atoms with Crippen molar-refractivity contribution in [1.82, 2.24) is 19.8 Å². The van der Waals surface area contributed by atoms with Crippen LogP contribution in [-0.2, 0) is 6.54 Å². The fraction of sp³-hybridized carbons (Fsp3) is 0.450. The maximum Gasteiger partial charge on any atom is 0.274 e. The number of likely N-dealkylation sites (tertiary alicyclic amines) is 2. The van der Waals surface area contributed by atoms with E-state index in [-0.39, 0.29) is 11.3 Å². The van der Waals surface area contributed by atoms with Gasteiger partial charge < -0.3 is 4.90 Å². The molecule has 0 aliphatic carbocycles. The van der Waals surface area contributed by atoms with Gasteiger partial charge in [0.15, 0.2) is 11.6 Å². The first kappa shape index (κ1) is 18.0. The van der Waals surface area contributed by atoms with Gasteiger partial charge in [0.25, 0.3) is 5.91 Å². The first-order valence-corrected chi connectivity index (χ1v) is 9.27. The van der Waals surface area contributed by atoms with Crippen LogP contribution in [0.3, 0.4) is 0 Å². The van der Waals surface area contributed by atoms with Crippen molar-refractivity contribution in [1.29, 1.82) is 0 Å². The molecule has 0 saturated carbocycles. The predicted molar refractivity (Wildman–Crippen MR) is 95.9 cm³/mol. The Morgan fingerprint density at radius 3 is 2.85 bits per heavy atom. The molecule has 7 heteroatoms. The molecule has 0 radical (unpaired) electrons. The highest BCUT2D eigenvalue weighted by molar-refractivity contribution is 5.92. The Balaban J connectivity index is 1.43. The minimum absolute atomic E-state index is 0.0138. The zero-order valence-corrected chi connectivity index (χ0v) is 15.1. The molecule has 2 aliphatic heterocycles. The molecule has 2 fully saturated rings. The Bertz CT molecular complexity index is 832. The van der Waals surface area contributed by atoms with Gasteiger partial charge in [-0.05, 0) is 31.9 Å². The summed E-state index contributed by atoms with van der Waals surface area (Å²) in [6, 6.07) is 4.33. The number of carbonyl (C=O) groups is 1.